The van der Waals surface area contributed by atoms with E-state index in [-0.39, 0.29) is 0 Å². The van der Waals surface area contributed by atoms with Crippen LogP contribution in [0.4, 0.5) is 0 Å². The van der Waals surface area contributed by atoms with Crippen LogP contribution in [0.15, 0.2) is 0 Å². The van der Waals surface area contributed by atoms with Crippen LogP contribution in [-0.2, 0) is 9.63 Å². The van der Waals surface area contributed by atoms with Crippen molar-refractivity contribution >= 4 is 5.97 Å². The molecule has 4 nitrogen and oxygen atoms in total. The molecule has 132 valence electrons. The molecule has 0 aliphatic rings. The van der Waals surface area contributed by atoms with Crippen molar-refractivity contribution in [2.24, 2.45) is 11.6 Å². The molecule has 0 aromatic heterocycles. The molecule has 0 rings (SSSR count). The van der Waals surface area contributed by atoms with Gasteiger partial charge in [-0.25, -0.2) is 4.79 Å². The Bertz CT molecular complexity index is 247. The molecule has 0 bridgehead atoms. The minimum atomic E-state index is -0.553. The summed E-state index contributed by atoms with van der Waals surface area (Å²) in [5.41, 5.74) is 5.62. The average molecular weight is 315 g/mol. The van der Waals surface area contributed by atoms with E-state index in [1.54, 1.807) is 0 Å². The summed E-state index contributed by atoms with van der Waals surface area (Å²) in [6.07, 6.45) is 19.3. The maximum Gasteiger partial charge on any atom is 0.341 e. The highest BCUT2D eigenvalue weighted by Gasteiger charge is 2.12. The number of rotatable bonds is 16. The van der Waals surface area contributed by atoms with E-state index in [0.717, 1.165) is 12.8 Å². The zero-order valence-electron chi connectivity index (χ0n) is 14.7. The van der Waals surface area contributed by atoms with Crippen LogP contribution in [0.1, 0.15) is 103 Å². The number of unbranched alkanes of at least 4 members (excludes halogenated alkanes) is 13. The SMILES string of the molecule is CCCCCCCCCCCCCCCCC(N)C(=O)ON. The summed E-state index contributed by atoms with van der Waals surface area (Å²) in [6, 6.07) is -0.553. The monoisotopic (exact) mass is 314 g/mol. The van der Waals surface area contributed by atoms with Crippen molar-refractivity contribution in [1.29, 1.82) is 0 Å². The fraction of sp³-hybridized carbons (Fsp3) is 0.944. The molecule has 0 saturated heterocycles. The number of hydrogen-bond acceptors (Lipinski definition) is 4. The van der Waals surface area contributed by atoms with E-state index in [2.05, 4.69) is 11.8 Å². The van der Waals surface area contributed by atoms with Crippen molar-refractivity contribution in [3.8, 4) is 0 Å². The van der Waals surface area contributed by atoms with Gasteiger partial charge in [0.1, 0.15) is 6.04 Å². The van der Waals surface area contributed by atoms with Crippen LogP contribution in [0, 0.1) is 0 Å². The lowest BCUT2D eigenvalue weighted by Crippen LogP contribution is -2.33. The van der Waals surface area contributed by atoms with Gasteiger partial charge in [-0.3, -0.25) is 0 Å². The van der Waals surface area contributed by atoms with Gasteiger partial charge in [-0.15, -0.1) is 0 Å². The van der Waals surface area contributed by atoms with Gasteiger partial charge in [0.05, 0.1) is 0 Å². The predicted molar refractivity (Wildman–Crippen MR) is 93.2 cm³/mol. The number of hydrogen-bond donors (Lipinski definition) is 2. The van der Waals surface area contributed by atoms with Gasteiger partial charge in [-0.05, 0) is 6.42 Å². The van der Waals surface area contributed by atoms with E-state index in [4.69, 9.17) is 11.6 Å². The van der Waals surface area contributed by atoms with Crippen LogP contribution in [0.5, 0.6) is 0 Å². The Morgan fingerprint density at radius 2 is 1.14 bits per heavy atom. The van der Waals surface area contributed by atoms with Gasteiger partial charge < -0.3 is 10.6 Å². The minimum absolute atomic E-state index is 0.505. The second kappa shape index (κ2) is 16.8. The quantitative estimate of drug-likeness (QED) is 0.322. The molecule has 0 fully saturated rings. The molecule has 0 aliphatic heterocycles. The van der Waals surface area contributed by atoms with E-state index >= 15 is 0 Å². The molecule has 0 amide bonds. The zero-order chi connectivity index (χ0) is 16.5. The van der Waals surface area contributed by atoms with Crippen molar-refractivity contribution in [1.82, 2.24) is 0 Å². The van der Waals surface area contributed by atoms with Crippen molar-refractivity contribution in [2.45, 2.75) is 109 Å². The Kier molecular flexibility index (Phi) is 16.3. The van der Waals surface area contributed by atoms with Gasteiger partial charge in [-0.2, -0.15) is 5.90 Å². The third-order valence-electron chi connectivity index (χ3n) is 4.29. The summed E-state index contributed by atoms with van der Waals surface area (Å²) in [5, 5.41) is 0. The maximum absolute atomic E-state index is 11.0. The zero-order valence-corrected chi connectivity index (χ0v) is 14.7. The summed E-state index contributed by atoms with van der Waals surface area (Å²) in [4.78, 5) is 15.1. The van der Waals surface area contributed by atoms with Crippen molar-refractivity contribution in [2.75, 3.05) is 0 Å². The lowest BCUT2D eigenvalue weighted by molar-refractivity contribution is -0.145. The summed E-state index contributed by atoms with van der Waals surface area (Å²) >= 11 is 0. The van der Waals surface area contributed by atoms with Crippen molar-refractivity contribution in [3.63, 3.8) is 0 Å². The maximum atomic E-state index is 11.0. The molecule has 0 aromatic carbocycles. The van der Waals surface area contributed by atoms with Crippen LogP contribution in [0.3, 0.4) is 0 Å². The molecule has 1 atom stereocenters. The van der Waals surface area contributed by atoms with Gasteiger partial charge in [0.2, 0.25) is 0 Å². The normalized spacial score (nSPS) is 12.3. The van der Waals surface area contributed by atoms with Gasteiger partial charge >= 0.3 is 5.97 Å². The molecule has 1 unspecified atom stereocenters. The van der Waals surface area contributed by atoms with Gasteiger partial charge in [0.15, 0.2) is 0 Å². The first-order valence-corrected chi connectivity index (χ1v) is 9.38. The van der Waals surface area contributed by atoms with Crippen molar-refractivity contribution in [3.05, 3.63) is 0 Å². The number of nitrogens with two attached hydrogens (primary N) is 2. The summed E-state index contributed by atoms with van der Waals surface area (Å²) in [5.74, 6) is 4.29. The first-order valence-electron chi connectivity index (χ1n) is 9.38. The van der Waals surface area contributed by atoms with Crippen molar-refractivity contribution < 1.29 is 9.63 Å². The highest BCUT2D eigenvalue weighted by molar-refractivity contribution is 5.74. The Morgan fingerprint density at radius 3 is 1.50 bits per heavy atom. The third-order valence-corrected chi connectivity index (χ3v) is 4.29. The van der Waals surface area contributed by atoms with E-state index in [1.807, 2.05) is 0 Å². The molecule has 0 heterocycles. The van der Waals surface area contributed by atoms with Crippen LogP contribution in [0.2, 0.25) is 0 Å². The molecule has 4 heteroatoms. The van der Waals surface area contributed by atoms with Crippen LogP contribution < -0.4 is 11.6 Å². The average Bonchev–Trinajstić information content (AvgIpc) is 2.54. The molecule has 0 saturated carbocycles. The van der Waals surface area contributed by atoms with Gasteiger partial charge in [0, 0.05) is 0 Å². The Hall–Kier alpha value is -0.610. The molecule has 22 heavy (non-hydrogen) atoms. The predicted octanol–water partition coefficient (Wildman–Crippen LogP) is 4.60. The largest absolute Gasteiger partial charge is 0.372 e. The minimum Gasteiger partial charge on any atom is -0.372 e. The Labute approximate surface area is 137 Å². The van der Waals surface area contributed by atoms with Crippen LogP contribution >= 0.6 is 0 Å². The van der Waals surface area contributed by atoms with E-state index in [0.29, 0.717) is 6.42 Å². The summed E-state index contributed by atoms with van der Waals surface area (Å²) in [7, 11) is 0. The molecule has 0 aliphatic carbocycles. The number of carbonyl (C=O) groups excluding carboxylic acids is 1. The number of carbonyl (C=O) groups is 1. The highest BCUT2D eigenvalue weighted by Crippen LogP contribution is 2.13. The van der Waals surface area contributed by atoms with E-state index in [9.17, 15) is 4.79 Å². The Balaban J connectivity index is 3.10. The smallest absolute Gasteiger partial charge is 0.341 e. The molecular weight excluding hydrogens is 276 g/mol. The molecule has 0 spiro atoms. The fourth-order valence-corrected chi connectivity index (χ4v) is 2.76. The third kappa shape index (κ3) is 14.3. The molecular formula is C18H38N2O2. The van der Waals surface area contributed by atoms with Gasteiger partial charge in [0.25, 0.3) is 0 Å². The first-order chi connectivity index (χ1) is 10.7. The molecule has 0 aromatic rings. The van der Waals surface area contributed by atoms with Crippen LogP contribution in [-0.4, -0.2) is 12.0 Å². The standard InChI is InChI=1S/C18H38N2O2/c1-2-3-4-5-6-7-8-9-10-11-12-13-14-15-16-17(19)18(21)22-20/h17H,2-16,19-20H2,1H3. The lowest BCUT2D eigenvalue weighted by Gasteiger charge is -2.07. The second-order valence-corrected chi connectivity index (χ2v) is 6.43. The first kappa shape index (κ1) is 21.4. The summed E-state index contributed by atoms with van der Waals surface area (Å²) in [6.45, 7) is 2.27. The van der Waals surface area contributed by atoms with E-state index < -0.39 is 12.0 Å². The second-order valence-electron chi connectivity index (χ2n) is 6.43. The van der Waals surface area contributed by atoms with Crippen LogP contribution in [0.25, 0.3) is 0 Å². The fourth-order valence-electron chi connectivity index (χ4n) is 2.76. The van der Waals surface area contributed by atoms with E-state index in [1.165, 1.54) is 77.0 Å². The lowest BCUT2D eigenvalue weighted by atomic mass is 10.0. The summed E-state index contributed by atoms with van der Waals surface area (Å²) < 4.78 is 0. The molecule has 0 radical (unpaired) electrons. The van der Waals surface area contributed by atoms with Gasteiger partial charge in [-0.1, -0.05) is 96.8 Å². The Morgan fingerprint density at radius 1 is 0.773 bits per heavy atom. The molecule has 4 N–H and O–H groups in total. The topological polar surface area (TPSA) is 78.3 Å². The highest BCUT2D eigenvalue weighted by atomic mass is 16.7.